The van der Waals surface area contributed by atoms with Crippen molar-refractivity contribution < 1.29 is 4.42 Å². The first kappa shape index (κ1) is 12.7. The number of nitrogens with zero attached hydrogens (tertiary/aromatic N) is 1. The van der Waals surface area contributed by atoms with Crippen molar-refractivity contribution in [1.29, 1.82) is 0 Å². The second-order valence-electron chi connectivity index (χ2n) is 5.06. The van der Waals surface area contributed by atoms with Crippen LogP contribution in [0.5, 0.6) is 0 Å². The highest BCUT2D eigenvalue weighted by Crippen LogP contribution is 2.29. The van der Waals surface area contributed by atoms with Gasteiger partial charge in [0.2, 0.25) is 0 Å². The van der Waals surface area contributed by atoms with Gasteiger partial charge in [-0.25, -0.2) is 0 Å². The van der Waals surface area contributed by atoms with Gasteiger partial charge < -0.3 is 4.42 Å². The summed E-state index contributed by atoms with van der Waals surface area (Å²) < 4.78 is 5.97. The topological polar surface area (TPSA) is 37.5 Å². The standard InChI is InChI=1S/C19H14N2O/c1-2-8-15(9-3-1)21-20-13-14-7-6-11-17-16-10-4-5-12-18(16)22-19(14)17/h1-13,21H. The minimum atomic E-state index is 0.863. The largest absolute Gasteiger partial charge is 0.455 e. The van der Waals surface area contributed by atoms with Crippen LogP contribution in [0.4, 0.5) is 5.69 Å². The Hall–Kier alpha value is -3.07. The van der Waals surface area contributed by atoms with Gasteiger partial charge >= 0.3 is 0 Å². The minimum Gasteiger partial charge on any atom is -0.455 e. The number of rotatable bonds is 3. The number of hydrazone groups is 1. The third kappa shape index (κ3) is 2.23. The zero-order valence-electron chi connectivity index (χ0n) is 11.9. The van der Waals surface area contributed by atoms with Crippen LogP contribution in [0.15, 0.2) is 82.3 Å². The molecule has 0 fully saturated rings. The summed E-state index contributed by atoms with van der Waals surface area (Å²) in [7, 11) is 0. The van der Waals surface area contributed by atoms with E-state index in [1.807, 2.05) is 60.7 Å². The molecule has 3 aromatic carbocycles. The SMILES string of the molecule is C(=NNc1ccccc1)c1cccc2c1oc1ccccc12. The Morgan fingerprint density at radius 3 is 2.45 bits per heavy atom. The van der Waals surface area contributed by atoms with Crippen molar-refractivity contribution in [2.45, 2.75) is 0 Å². The van der Waals surface area contributed by atoms with Gasteiger partial charge in [0.25, 0.3) is 0 Å². The Morgan fingerprint density at radius 2 is 1.55 bits per heavy atom. The fraction of sp³-hybridized carbons (Fsp3) is 0. The molecule has 1 N–H and O–H groups in total. The quantitative estimate of drug-likeness (QED) is 0.423. The van der Waals surface area contributed by atoms with Crippen LogP contribution < -0.4 is 5.43 Å². The minimum absolute atomic E-state index is 0.863. The van der Waals surface area contributed by atoms with E-state index in [0.29, 0.717) is 0 Å². The van der Waals surface area contributed by atoms with Gasteiger partial charge in [0.05, 0.1) is 11.9 Å². The lowest BCUT2D eigenvalue weighted by atomic mass is 10.1. The molecule has 0 atom stereocenters. The number of anilines is 1. The number of furan rings is 1. The molecule has 0 amide bonds. The van der Waals surface area contributed by atoms with Gasteiger partial charge in [0.15, 0.2) is 0 Å². The zero-order chi connectivity index (χ0) is 14.8. The molecule has 0 saturated heterocycles. The summed E-state index contributed by atoms with van der Waals surface area (Å²) in [5.41, 5.74) is 6.69. The molecule has 1 heterocycles. The second kappa shape index (κ2) is 5.37. The molecule has 0 radical (unpaired) electrons. The maximum absolute atomic E-state index is 5.97. The Bertz CT molecular complexity index is 955. The van der Waals surface area contributed by atoms with E-state index in [2.05, 4.69) is 22.7 Å². The fourth-order valence-electron chi connectivity index (χ4n) is 2.56. The number of fused-ring (bicyclic) bond motifs is 3. The smallest absolute Gasteiger partial charge is 0.144 e. The Morgan fingerprint density at radius 1 is 0.773 bits per heavy atom. The fourth-order valence-corrected chi connectivity index (χ4v) is 2.56. The van der Waals surface area contributed by atoms with E-state index in [9.17, 15) is 0 Å². The molecule has 3 heteroatoms. The average Bonchev–Trinajstić information content (AvgIpc) is 2.96. The van der Waals surface area contributed by atoms with Gasteiger partial charge in [-0.05, 0) is 24.3 Å². The summed E-state index contributed by atoms with van der Waals surface area (Å²) in [5.74, 6) is 0. The highest BCUT2D eigenvalue weighted by atomic mass is 16.3. The Labute approximate surface area is 127 Å². The predicted molar refractivity (Wildman–Crippen MR) is 91.4 cm³/mol. The summed E-state index contributed by atoms with van der Waals surface area (Å²) in [6.07, 6.45) is 1.79. The summed E-state index contributed by atoms with van der Waals surface area (Å²) in [6, 6.07) is 24.0. The number of hydrogen-bond acceptors (Lipinski definition) is 3. The van der Waals surface area contributed by atoms with Crippen LogP contribution in [0, 0.1) is 0 Å². The first-order chi connectivity index (χ1) is 10.9. The normalized spacial score (nSPS) is 11.5. The summed E-state index contributed by atoms with van der Waals surface area (Å²) in [5, 5.41) is 6.54. The Balaban J connectivity index is 1.72. The number of benzene rings is 3. The van der Waals surface area contributed by atoms with E-state index in [1.54, 1.807) is 6.21 Å². The molecular formula is C19H14N2O. The predicted octanol–water partition coefficient (Wildman–Crippen LogP) is 5.03. The molecule has 0 bridgehead atoms. The first-order valence-electron chi connectivity index (χ1n) is 7.16. The molecule has 1 aromatic heterocycles. The third-order valence-electron chi connectivity index (χ3n) is 3.61. The summed E-state index contributed by atoms with van der Waals surface area (Å²) in [6.45, 7) is 0. The molecule has 0 aliphatic rings. The third-order valence-corrected chi connectivity index (χ3v) is 3.61. The lowest BCUT2D eigenvalue weighted by molar-refractivity contribution is 0.668. The lowest BCUT2D eigenvalue weighted by Gasteiger charge is -1.99. The maximum Gasteiger partial charge on any atom is 0.144 e. The molecule has 106 valence electrons. The van der Waals surface area contributed by atoms with Crippen molar-refractivity contribution in [3.05, 3.63) is 78.4 Å². The van der Waals surface area contributed by atoms with Gasteiger partial charge in [-0.15, -0.1) is 0 Å². The monoisotopic (exact) mass is 286 g/mol. The summed E-state index contributed by atoms with van der Waals surface area (Å²) >= 11 is 0. The van der Waals surface area contributed by atoms with Crippen molar-refractivity contribution in [1.82, 2.24) is 0 Å². The zero-order valence-corrected chi connectivity index (χ0v) is 11.9. The van der Waals surface area contributed by atoms with Crippen LogP contribution in [0.1, 0.15) is 5.56 Å². The number of hydrogen-bond donors (Lipinski definition) is 1. The van der Waals surface area contributed by atoms with Crippen molar-refractivity contribution in [2.75, 3.05) is 5.43 Å². The van der Waals surface area contributed by atoms with Gasteiger partial charge in [-0.1, -0.05) is 48.5 Å². The lowest BCUT2D eigenvalue weighted by Crippen LogP contribution is -1.90. The molecule has 0 unspecified atom stereocenters. The van der Waals surface area contributed by atoms with E-state index in [4.69, 9.17) is 4.42 Å². The van der Waals surface area contributed by atoms with Crippen molar-refractivity contribution in [3.8, 4) is 0 Å². The Kier molecular flexibility index (Phi) is 3.09. The van der Waals surface area contributed by atoms with Crippen LogP contribution >= 0.6 is 0 Å². The van der Waals surface area contributed by atoms with E-state index in [0.717, 1.165) is 33.2 Å². The highest BCUT2D eigenvalue weighted by molar-refractivity contribution is 6.10. The first-order valence-corrected chi connectivity index (χ1v) is 7.16. The van der Waals surface area contributed by atoms with Crippen LogP contribution in [0.25, 0.3) is 21.9 Å². The average molecular weight is 286 g/mol. The van der Waals surface area contributed by atoms with Crippen molar-refractivity contribution >= 4 is 33.8 Å². The van der Waals surface area contributed by atoms with E-state index >= 15 is 0 Å². The van der Waals surface area contributed by atoms with E-state index < -0.39 is 0 Å². The molecule has 0 saturated carbocycles. The molecule has 0 aliphatic carbocycles. The van der Waals surface area contributed by atoms with E-state index in [1.165, 1.54) is 0 Å². The second-order valence-corrected chi connectivity index (χ2v) is 5.06. The molecule has 0 aliphatic heterocycles. The molecule has 4 rings (SSSR count). The van der Waals surface area contributed by atoms with Gasteiger partial charge in [-0.2, -0.15) is 5.10 Å². The molecule has 22 heavy (non-hydrogen) atoms. The number of nitrogens with one attached hydrogen (secondary N) is 1. The van der Waals surface area contributed by atoms with Crippen molar-refractivity contribution in [2.24, 2.45) is 5.10 Å². The van der Waals surface area contributed by atoms with E-state index in [-0.39, 0.29) is 0 Å². The molecule has 0 spiro atoms. The van der Waals surface area contributed by atoms with Crippen LogP contribution in [0.3, 0.4) is 0 Å². The van der Waals surface area contributed by atoms with Gasteiger partial charge in [0, 0.05) is 16.3 Å². The van der Waals surface area contributed by atoms with Crippen LogP contribution in [0.2, 0.25) is 0 Å². The molecule has 3 nitrogen and oxygen atoms in total. The highest BCUT2D eigenvalue weighted by Gasteiger charge is 2.08. The van der Waals surface area contributed by atoms with Gasteiger partial charge in [-0.3, -0.25) is 5.43 Å². The molecule has 4 aromatic rings. The summed E-state index contributed by atoms with van der Waals surface area (Å²) in [4.78, 5) is 0. The number of para-hydroxylation sites is 3. The maximum atomic E-state index is 5.97. The molecular weight excluding hydrogens is 272 g/mol. The van der Waals surface area contributed by atoms with Gasteiger partial charge in [0.1, 0.15) is 11.2 Å². The van der Waals surface area contributed by atoms with Crippen LogP contribution in [-0.4, -0.2) is 6.21 Å². The van der Waals surface area contributed by atoms with Crippen molar-refractivity contribution in [3.63, 3.8) is 0 Å². The van der Waals surface area contributed by atoms with Crippen LogP contribution in [-0.2, 0) is 0 Å².